The zero-order valence-corrected chi connectivity index (χ0v) is 35.0. The predicted molar refractivity (Wildman–Crippen MR) is 236 cm³/mol. The second-order valence-corrected chi connectivity index (χ2v) is 15.1. The number of Topliss-reactive ketones (excluding diaryl/α,β-unsaturated/α-hetero) is 1. The van der Waals surface area contributed by atoms with Gasteiger partial charge in [0.1, 0.15) is 18.1 Å². The van der Waals surface area contributed by atoms with Crippen molar-refractivity contribution in [3.05, 3.63) is 144 Å². The van der Waals surface area contributed by atoms with Crippen molar-refractivity contribution in [3.8, 4) is 0 Å². The van der Waals surface area contributed by atoms with Gasteiger partial charge in [-0.2, -0.15) is 0 Å². The van der Waals surface area contributed by atoms with E-state index in [-0.39, 0.29) is 37.9 Å². The van der Waals surface area contributed by atoms with Crippen molar-refractivity contribution in [2.45, 2.75) is 82.1 Å². The molecule has 0 aliphatic rings. The highest BCUT2D eigenvalue weighted by Gasteiger charge is 2.30. The minimum absolute atomic E-state index is 0.0565. The van der Waals surface area contributed by atoms with Gasteiger partial charge in [0, 0.05) is 12.8 Å². The van der Waals surface area contributed by atoms with Crippen molar-refractivity contribution in [1.82, 2.24) is 31.9 Å². The Morgan fingerprint density at radius 2 is 0.823 bits per heavy atom. The van der Waals surface area contributed by atoms with E-state index in [1.807, 2.05) is 72.8 Å². The number of nitrogens with one attached hydrogen (secondary N) is 6. The molecule has 0 spiro atoms. The van der Waals surface area contributed by atoms with Gasteiger partial charge in [0.05, 0.1) is 25.2 Å². The fraction of sp³-hybridized carbons (Fsp3) is 0.340. The van der Waals surface area contributed by atoms with E-state index in [0.717, 1.165) is 22.3 Å². The third-order valence-corrected chi connectivity index (χ3v) is 10.0. The van der Waals surface area contributed by atoms with Crippen LogP contribution in [0.4, 0.5) is 0 Å². The Labute approximate surface area is 362 Å². The fourth-order valence-electron chi connectivity index (χ4n) is 6.61. The Kier molecular flexibility index (Phi) is 20.0. The lowest BCUT2D eigenvalue weighted by molar-refractivity contribution is -0.134. The van der Waals surface area contributed by atoms with Crippen molar-refractivity contribution < 1.29 is 33.6 Å². The number of ketones is 1. The van der Waals surface area contributed by atoms with Crippen molar-refractivity contribution in [2.75, 3.05) is 19.6 Å². The molecule has 0 fully saturated rings. The molecule has 62 heavy (non-hydrogen) atoms. The molecule has 328 valence electrons. The first-order valence-corrected chi connectivity index (χ1v) is 20.8. The van der Waals surface area contributed by atoms with Crippen molar-refractivity contribution in [3.63, 3.8) is 0 Å². The van der Waals surface area contributed by atoms with E-state index in [1.54, 1.807) is 48.5 Å². The molecule has 0 bridgehead atoms. The molecule has 4 aromatic carbocycles. The normalized spacial score (nSPS) is 13.2. The Morgan fingerprint density at radius 3 is 1.27 bits per heavy atom. The van der Waals surface area contributed by atoms with Gasteiger partial charge in [0.25, 0.3) is 0 Å². The van der Waals surface area contributed by atoms with Crippen LogP contribution in [0.5, 0.6) is 0 Å². The van der Waals surface area contributed by atoms with Gasteiger partial charge >= 0.3 is 0 Å². The summed E-state index contributed by atoms with van der Waals surface area (Å²) in [4.78, 5) is 93.2. The lowest BCUT2D eigenvalue weighted by atomic mass is 10.0. The van der Waals surface area contributed by atoms with Gasteiger partial charge in [-0.3, -0.25) is 33.6 Å². The van der Waals surface area contributed by atoms with E-state index in [9.17, 15) is 33.6 Å². The van der Waals surface area contributed by atoms with Crippen LogP contribution in [-0.2, 0) is 59.2 Å². The molecule has 10 N–H and O–H groups in total. The summed E-state index contributed by atoms with van der Waals surface area (Å²) < 4.78 is 0. The van der Waals surface area contributed by atoms with Gasteiger partial charge in [-0.1, -0.05) is 121 Å². The summed E-state index contributed by atoms with van der Waals surface area (Å²) in [5, 5.41) is 16.1. The lowest BCUT2D eigenvalue weighted by Gasteiger charge is -2.26. The molecule has 15 nitrogen and oxygen atoms in total. The summed E-state index contributed by atoms with van der Waals surface area (Å²) in [6, 6.07) is 31.2. The maximum absolute atomic E-state index is 14.1. The monoisotopic (exact) mass is 846 g/mol. The molecule has 5 atom stereocenters. The highest BCUT2D eigenvalue weighted by molar-refractivity contribution is 5.96. The van der Waals surface area contributed by atoms with Gasteiger partial charge in [-0.15, -0.1) is 0 Å². The van der Waals surface area contributed by atoms with Crippen LogP contribution in [0.15, 0.2) is 121 Å². The predicted octanol–water partition coefficient (Wildman–Crippen LogP) is 1.17. The third-order valence-electron chi connectivity index (χ3n) is 10.0. The van der Waals surface area contributed by atoms with Gasteiger partial charge < -0.3 is 43.4 Å². The third kappa shape index (κ3) is 17.1. The maximum Gasteiger partial charge on any atom is 0.243 e. The Morgan fingerprint density at radius 1 is 0.452 bits per heavy atom. The molecule has 0 heterocycles. The summed E-state index contributed by atoms with van der Waals surface area (Å²) in [5.74, 6) is -4.02. The average molecular weight is 847 g/mol. The summed E-state index contributed by atoms with van der Waals surface area (Å²) >= 11 is 0. The summed E-state index contributed by atoms with van der Waals surface area (Å²) in [6.45, 7) is 0.808. The number of unbranched alkanes of at least 4 members (excludes halogenated alkanes) is 1. The van der Waals surface area contributed by atoms with E-state index < -0.39 is 78.7 Å². The molecule has 4 aromatic rings. The number of hydrogen-bond donors (Lipinski definition) is 8. The second kappa shape index (κ2) is 25.8. The SMILES string of the molecule is CC(=O)[C@H](Cc1ccccc1)NC(=O)CNC(=O)[C@H](Cc1ccccc1)NC(=O)[C@H](CCCCN)NC(=O)[C@H](Cc1ccccc1)NC(=O)CNC(=O)[C@@H](N)Cc1ccccc1. The first-order chi connectivity index (χ1) is 29.9. The fourth-order valence-corrected chi connectivity index (χ4v) is 6.61. The smallest absolute Gasteiger partial charge is 0.243 e. The van der Waals surface area contributed by atoms with Gasteiger partial charge in [0.2, 0.25) is 35.4 Å². The molecule has 0 saturated heterocycles. The number of carbonyl (C=O) groups excluding carboxylic acids is 7. The molecule has 0 aliphatic carbocycles. The van der Waals surface area contributed by atoms with Crippen LogP contribution in [0.1, 0.15) is 48.4 Å². The first-order valence-electron chi connectivity index (χ1n) is 20.8. The lowest BCUT2D eigenvalue weighted by Crippen LogP contribution is -2.58. The van der Waals surface area contributed by atoms with E-state index >= 15 is 0 Å². The van der Waals surface area contributed by atoms with Crippen LogP contribution in [0.3, 0.4) is 0 Å². The van der Waals surface area contributed by atoms with E-state index in [1.165, 1.54) is 6.92 Å². The van der Waals surface area contributed by atoms with Crippen LogP contribution in [0, 0.1) is 0 Å². The quantitative estimate of drug-likeness (QED) is 0.0446. The van der Waals surface area contributed by atoms with Gasteiger partial charge in [0.15, 0.2) is 5.78 Å². The number of nitrogens with two attached hydrogens (primary N) is 2. The van der Waals surface area contributed by atoms with Crippen LogP contribution in [0.25, 0.3) is 0 Å². The van der Waals surface area contributed by atoms with Crippen LogP contribution in [0.2, 0.25) is 0 Å². The zero-order valence-electron chi connectivity index (χ0n) is 35.0. The molecule has 0 radical (unpaired) electrons. The van der Waals surface area contributed by atoms with Crippen molar-refractivity contribution >= 4 is 41.2 Å². The second-order valence-electron chi connectivity index (χ2n) is 15.1. The van der Waals surface area contributed by atoms with E-state index in [2.05, 4.69) is 31.9 Å². The Hall–Kier alpha value is -6.71. The summed E-state index contributed by atoms with van der Waals surface area (Å²) in [6.07, 6.45) is 1.82. The molecule has 0 unspecified atom stereocenters. The van der Waals surface area contributed by atoms with Gasteiger partial charge in [-0.05, 0) is 67.8 Å². The molecule has 4 rings (SSSR count). The maximum atomic E-state index is 14.1. The molecule has 0 saturated carbocycles. The summed E-state index contributed by atoms with van der Waals surface area (Å²) in [7, 11) is 0. The van der Waals surface area contributed by atoms with Crippen molar-refractivity contribution in [2.24, 2.45) is 11.5 Å². The number of rotatable bonds is 25. The summed E-state index contributed by atoms with van der Waals surface area (Å²) in [5.41, 5.74) is 15.0. The highest BCUT2D eigenvalue weighted by atomic mass is 16.2. The topological polar surface area (TPSA) is 244 Å². The van der Waals surface area contributed by atoms with Crippen molar-refractivity contribution in [1.29, 1.82) is 0 Å². The standard InChI is InChI=1S/C47H58N8O7/c1-32(56)39(27-34-18-8-3-9-19-34)52-42(57)31-51-45(60)40(28-35-20-10-4-11-21-35)55-46(61)38(24-14-15-25-48)54-47(62)41(29-36-22-12-5-13-23-36)53-43(58)30-50-44(59)37(49)26-33-16-6-2-7-17-33/h2-13,16-23,37-41H,14-15,24-31,48-49H2,1H3,(H,50,59)(H,51,60)(H,52,57)(H,53,58)(H,54,62)(H,55,61)/t37-,38-,39-,40-,41-/m0/s1. The number of hydrogen-bond acceptors (Lipinski definition) is 9. The zero-order chi connectivity index (χ0) is 44.7. The number of carbonyl (C=O) groups is 7. The number of amides is 6. The average Bonchev–Trinajstić information content (AvgIpc) is 3.27. The molecule has 0 aromatic heterocycles. The van der Waals surface area contributed by atoms with Gasteiger partial charge in [-0.25, -0.2) is 0 Å². The minimum atomic E-state index is -1.17. The molecular formula is C47H58N8O7. The Bertz CT molecular complexity index is 2060. The minimum Gasteiger partial charge on any atom is -0.346 e. The Balaban J connectivity index is 1.45. The molecule has 6 amide bonds. The largest absolute Gasteiger partial charge is 0.346 e. The van der Waals surface area contributed by atoms with E-state index in [4.69, 9.17) is 11.5 Å². The molecule has 0 aliphatic heterocycles. The van der Waals surface area contributed by atoms with Crippen LogP contribution >= 0.6 is 0 Å². The molecule has 15 heteroatoms. The number of benzene rings is 4. The van der Waals surface area contributed by atoms with Crippen LogP contribution < -0.4 is 43.4 Å². The first kappa shape index (κ1) is 48.0. The highest BCUT2D eigenvalue weighted by Crippen LogP contribution is 2.10. The van der Waals surface area contributed by atoms with Crippen LogP contribution in [-0.4, -0.2) is 91.1 Å². The molecular weight excluding hydrogens is 789 g/mol. The van der Waals surface area contributed by atoms with E-state index in [0.29, 0.717) is 19.4 Å².